The summed E-state index contributed by atoms with van der Waals surface area (Å²) < 4.78 is 5.37. The first-order valence-electron chi connectivity index (χ1n) is 9.48. The van der Waals surface area contributed by atoms with Crippen LogP contribution in [-0.4, -0.2) is 29.6 Å². The van der Waals surface area contributed by atoms with Crippen LogP contribution in [0.4, 0.5) is 0 Å². The Kier molecular flexibility index (Phi) is 8.89. The van der Waals surface area contributed by atoms with Crippen molar-refractivity contribution < 1.29 is 14.4 Å². The number of allylic oxidation sites excluding steroid dienone is 1. The second-order valence-electron chi connectivity index (χ2n) is 6.74. The van der Waals surface area contributed by atoms with Crippen molar-refractivity contribution in [1.82, 2.24) is 10.4 Å². The highest BCUT2D eigenvalue weighted by Crippen LogP contribution is 2.17. The molecule has 2 N–H and O–H groups in total. The summed E-state index contributed by atoms with van der Waals surface area (Å²) in [6.45, 7) is 7.07. The molecular formula is C24H28N2O3. The van der Waals surface area contributed by atoms with Crippen molar-refractivity contribution in [1.29, 1.82) is 0 Å². The molecule has 1 heterocycles. The zero-order chi connectivity index (χ0) is 21.1. The molecule has 0 spiro atoms. The number of carbonyl (C=O) groups is 1. The van der Waals surface area contributed by atoms with Gasteiger partial charge in [-0.05, 0) is 61.4 Å². The Morgan fingerprint density at radius 1 is 1.17 bits per heavy atom. The molecule has 29 heavy (non-hydrogen) atoms. The van der Waals surface area contributed by atoms with E-state index in [1.165, 1.54) is 17.2 Å². The number of amides is 1. The predicted octanol–water partition coefficient (Wildman–Crippen LogP) is 4.82. The lowest BCUT2D eigenvalue weighted by molar-refractivity contribution is -0.124. The van der Waals surface area contributed by atoms with Crippen molar-refractivity contribution in [2.75, 3.05) is 13.6 Å². The van der Waals surface area contributed by atoms with E-state index in [0.29, 0.717) is 0 Å². The normalized spacial score (nSPS) is 10.8. The Labute approximate surface area is 171 Å². The van der Waals surface area contributed by atoms with Crippen LogP contribution in [0.5, 0.6) is 0 Å². The number of carbonyl (C=O) groups excluding carboxylic acids is 1. The molecule has 0 bridgehead atoms. The third kappa shape index (κ3) is 7.41. The molecule has 1 aromatic heterocycles. The summed E-state index contributed by atoms with van der Waals surface area (Å²) in [4.78, 5) is 13.3. The Hall–Kier alpha value is -3.15. The van der Waals surface area contributed by atoms with Crippen LogP contribution in [0, 0.1) is 0 Å². The molecule has 0 radical (unpaired) electrons. The molecule has 0 saturated carbocycles. The Morgan fingerprint density at radius 2 is 1.86 bits per heavy atom. The van der Waals surface area contributed by atoms with E-state index in [2.05, 4.69) is 30.7 Å². The number of likely N-dealkylation sites (N-methyl/N-ethyl adjacent to an activating group) is 1. The molecule has 3 aromatic rings. The number of nitrogens with one attached hydrogen (secondary N) is 1. The maximum Gasteiger partial charge on any atom is 0.267 e. The lowest BCUT2D eigenvalue weighted by Gasteiger charge is -2.17. The summed E-state index contributed by atoms with van der Waals surface area (Å²) >= 11 is 0. The molecule has 3 rings (SSSR count). The number of furan rings is 1. The summed E-state index contributed by atoms with van der Waals surface area (Å²) in [5.41, 5.74) is 5.91. The van der Waals surface area contributed by atoms with E-state index in [0.717, 1.165) is 36.0 Å². The Balaban J connectivity index is 0.000000941. The van der Waals surface area contributed by atoms with Crippen LogP contribution < -0.4 is 5.48 Å². The van der Waals surface area contributed by atoms with Crippen LogP contribution in [0.2, 0.25) is 0 Å². The van der Waals surface area contributed by atoms with Gasteiger partial charge >= 0.3 is 0 Å². The van der Waals surface area contributed by atoms with Crippen molar-refractivity contribution in [3.05, 3.63) is 90.2 Å². The van der Waals surface area contributed by atoms with E-state index in [1.807, 2.05) is 43.3 Å². The number of hydrogen-bond acceptors (Lipinski definition) is 4. The molecule has 152 valence electrons. The zero-order valence-corrected chi connectivity index (χ0v) is 17.0. The molecular weight excluding hydrogens is 364 g/mol. The van der Waals surface area contributed by atoms with Crippen molar-refractivity contribution in [2.24, 2.45) is 0 Å². The molecule has 0 fully saturated rings. The highest BCUT2D eigenvalue weighted by atomic mass is 16.5. The number of hydrogen-bond donors (Lipinski definition) is 2. The zero-order valence-electron chi connectivity index (χ0n) is 17.0. The fraction of sp³-hybridized carbons (Fsp3) is 0.208. The van der Waals surface area contributed by atoms with Gasteiger partial charge in [-0.15, -0.1) is 6.58 Å². The van der Waals surface area contributed by atoms with Crippen molar-refractivity contribution >= 4 is 23.0 Å². The molecule has 0 unspecified atom stereocenters. The largest absolute Gasteiger partial charge is 0.464 e. The van der Waals surface area contributed by atoms with Crippen LogP contribution in [0.25, 0.3) is 17.0 Å². The third-order valence-corrected chi connectivity index (χ3v) is 4.27. The second-order valence-corrected chi connectivity index (χ2v) is 6.74. The van der Waals surface area contributed by atoms with Crippen molar-refractivity contribution in [3.8, 4) is 0 Å². The van der Waals surface area contributed by atoms with Crippen molar-refractivity contribution in [2.45, 2.75) is 19.9 Å². The van der Waals surface area contributed by atoms with Gasteiger partial charge in [0.2, 0.25) is 0 Å². The van der Waals surface area contributed by atoms with E-state index in [1.54, 1.807) is 23.9 Å². The van der Waals surface area contributed by atoms with Gasteiger partial charge in [0.15, 0.2) is 0 Å². The van der Waals surface area contributed by atoms with Gasteiger partial charge in [-0.2, -0.15) is 0 Å². The second kappa shape index (κ2) is 11.6. The Morgan fingerprint density at radius 3 is 2.55 bits per heavy atom. The van der Waals surface area contributed by atoms with Crippen LogP contribution in [-0.2, 0) is 17.8 Å². The molecule has 5 nitrogen and oxygen atoms in total. The molecule has 1 amide bonds. The minimum atomic E-state index is -0.539. The molecule has 0 aliphatic rings. The highest BCUT2D eigenvalue weighted by Gasteiger charge is 2.03. The molecule has 0 aliphatic carbocycles. The van der Waals surface area contributed by atoms with Gasteiger partial charge < -0.3 is 9.32 Å². The van der Waals surface area contributed by atoms with Gasteiger partial charge in [0.25, 0.3) is 5.91 Å². The predicted molar refractivity (Wildman–Crippen MR) is 118 cm³/mol. The minimum absolute atomic E-state index is 0.539. The fourth-order valence-electron chi connectivity index (χ4n) is 2.83. The maximum atomic E-state index is 11.0. The minimum Gasteiger partial charge on any atom is -0.464 e. The van der Waals surface area contributed by atoms with Gasteiger partial charge in [-0.25, -0.2) is 5.48 Å². The van der Waals surface area contributed by atoms with Crippen molar-refractivity contribution in [3.63, 3.8) is 0 Å². The first-order chi connectivity index (χ1) is 14.0. The number of benzene rings is 2. The van der Waals surface area contributed by atoms with Crippen LogP contribution in [0.15, 0.2) is 77.9 Å². The third-order valence-electron chi connectivity index (χ3n) is 4.27. The summed E-state index contributed by atoms with van der Waals surface area (Å²) in [7, 11) is 2.11. The molecule has 0 atom stereocenters. The molecule has 5 heteroatoms. The average molecular weight is 392 g/mol. The summed E-state index contributed by atoms with van der Waals surface area (Å²) in [5.74, 6) is -0.539. The standard InChI is InChI=1S/C21H22N2O3.C3H6/c1-23(12-10-17-6-8-20-19(14-17)11-13-26-20)15-18-4-2-16(3-5-18)7-9-21(24)22-25;1-3-2/h2-9,11,13-14,25H,10,12,15H2,1H3,(H,22,24);3H,1H2,2H3/b9-7+;. The first kappa shape index (κ1) is 22.1. The monoisotopic (exact) mass is 392 g/mol. The van der Waals surface area contributed by atoms with Gasteiger partial charge in [-0.3, -0.25) is 10.0 Å². The van der Waals surface area contributed by atoms with E-state index >= 15 is 0 Å². The molecule has 0 saturated heterocycles. The van der Waals surface area contributed by atoms with E-state index in [-0.39, 0.29) is 0 Å². The quantitative estimate of drug-likeness (QED) is 0.262. The van der Waals surface area contributed by atoms with Crippen LogP contribution in [0.1, 0.15) is 23.6 Å². The maximum absolute atomic E-state index is 11.0. The average Bonchev–Trinajstić information content (AvgIpc) is 3.20. The van der Waals surface area contributed by atoms with Gasteiger partial charge in [0.05, 0.1) is 6.26 Å². The summed E-state index contributed by atoms with van der Waals surface area (Å²) in [6, 6.07) is 16.3. The SMILES string of the molecule is C=CC.CN(CCc1ccc2occc2c1)Cc1ccc(/C=C/C(=O)NO)cc1. The van der Waals surface area contributed by atoms with E-state index in [9.17, 15) is 4.79 Å². The molecule has 0 aliphatic heterocycles. The number of rotatable bonds is 7. The van der Waals surface area contributed by atoms with Gasteiger partial charge in [-0.1, -0.05) is 36.4 Å². The Bertz CT molecular complexity index is 942. The van der Waals surface area contributed by atoms with E-state index < -0.39 is 5.91 Å². The van der Waals surface area contributed by atoms with Gasteiger partial charge in [0, 0.05) is 24.6 Å². The number of hydroxylamine groups is 1. The van der Waals surface area contributed by atoms with Gasteiger partial charge in [0.1, 0.15) is 5.58 Å². The smallest absolute Gasteiger partial charge is 0.267 e. The molecule has 2 aromatic carbocycles. The number of nitrogens with zero attached hydrogens (tertiary/aromatic N) is 1. The first-order valence-corrected chi connectivity index (χ1v) is 9.48. The van der Waals surface area contributed by atoms with Crippen LogP contribution in [0.3, 0.4) is 0 Å². The van der Waals surface area contributed by atoms with E-state index in [4.69, 9.17) is 9.62 Å². The summed E-state index contributed by atoms with van der Waals surface area (Å²) in [5, 5.41) is 9.61. The lowest BCUT2D eigenvalue weighted by atomic mass is 10.1. The lowest BCUT2D eigenvalue weighted by Crippen LogP contribution is -2.20. The fourth-order valence-corrected chi connectivity index (χ4v) is 2.83. The summed E-state index contributed by atoms with van der Waals surface area (Å²) in [6.07, 6.45) is 7.40. The topological polar surface area (TPSA) is 65.7 Å². The number of fused-ring (bicyclic) bond motifs is 1. The van der Waals surface area contributed by atoms with Crippen LogP contribution >= 0.6 is 0 Å². The highest BCUT2D eigenvalue weighted by molar-refractivity contribution is 5.90.